The maximum absolute atomic E-state index is 12.4. The predicted molar refractivity (Wildman–Crippen MR) is 89.3 cm³/mol. The minimum atomic E-state index is -0.297. The Bertz CT molecular complexity index is 476. The fourth-order valence-electron chi connectivity index (χ4n) is 2.62. The molecule has 0 spiro atoms. The number of pyridine rings is 1. The lowest BCUT2D eigenvalue weighted by molar-refractivity contribution is -0.132. The maximum atomic E-state index is 12.4. The van der Waals surface area contributed by atoms with E-state index in [4.69, 9.17) is 0 Å². The fourth-order valence-corrected chi connectivity index (χ4v) is 2.62. The van der Waals surface area contributed by atoms with Gasteiger partial charge in [-0.25, -0.2) is 0 Å². The Morgan fingerprint density at radius 2 is 1.91 bits per heavy atom. The zero-order chi connectivity index (χ0) is 16.2. The van der Waals surface area contributed by atoms with Crippen molar-refractivity contribution in [3.8, 4) is 0 Å². The number of nitrogens with zero attached hydrogens (tertiary/aromatic N) is 2. The van der Waals surface area contributed by atoms with E-state index in [9.17, 15) is 4.79 Å². The van der Waals surface area contributed by atoms with Crippen LogP contribution in [0.3, 0.4) is 0 Å². The summed E-state index contributed by atoms with van der Waals surface area (Å²) in [6.45, 7) is 11.3. The Morgan fingerprint density at radius 3 is 2.45 bits per heavy atom. The Morgan fingerprint density at radius 1 is 1.32 bits per heavy atom. The van der Waals surface area contributed by atoms with Gasteiger partial charge in [0, 0.05) is 43.5 Å². The summed E-state index contributed by atoms with van der Waals surface area (Å²) in [6, 6.07) is 4.46. The SMILES string of the molecule is CC(C)C(C)(C)C(=O)NC1CCN(Cc2ccncc2)CC1. The highest BCUT2D eigenvalue weighted by Crippen LogP contribution is 2.27. The van der Waals surface area contributed by atoms with Crippen molar-refractivity contribution in [2.24, 2.45) is 11.3 Å². The molecule has 1 N–H and O–H groups in total. The van der Waals surface area contributed by atoms with Gasteiger partial charge in [-0.1, -0.05) is 27.7 Å². The normalized spacial score (nSPS) is 17.7. The third-order valence-electron chi connectivity index (χ3n) is 5.11. The van der Waals surface area contributed by atoms with E-state index in [1.807, 2.05) is 26.2 Å². The van der Waals surface area contributed by atoms with E-state index >= 15 is 0 Å². The van der Waals surface area contributed by atoms with Gasteiger partial charge in [-0.05, 0) is 36.5 Å². The van der Waals surface area contributed by atoms with Crippen LogP contribution in [0.15, 0.2) is 24.5 Å². The number of carbonyl (C=O) groups is 1. The molecule has 0 saturated carbocycles. The number of hydrogen-bond donors (Lipinski definition) is 1. The topological polar surface area (TPSA) is 45.2 Å². The molecule has 1 aliphatic rings. The van der Waals surface area contributed by atoms with Crippen molar-refractivity contribution < 1.29 is 4.79 Å². The van der Waals surface area contributed by atoms with Gasteiger partial charge in [-0.3, -0.25) is 14.7 Å². The van der Waals surface area contributed by atoms with E-state index in [2.05, 4.69) is 41.2 Å². The summed E-state index contributed by atoms with van der Waals surface area (Å²) in [5.41, 5.74) is 1.01. The van der Waals surface area contributed by atoms with Crippen LogP contribution in [-0.2, 0) is 11.3 Å². The van der Waals surface area contributed by atoms with Crippen LogP contribution in [-0.4, -0.2) is 34.9 Å². The lowest BCUT2D eigenvalue weighted by Gasteiger charge is -2.35. The molecule has 0 aliphatic carbocycles. The predicted octanol–water partition coefficient (Wildman–Crippen LogP) is 2.84. The number of piperidine rings is 1. The molecule has 1 fully saturated rings. The van der Waals surface area contributed by atoms with Crippen molar-refractivity contribution in [1.82, 2.24) is 15.2 Å². The maximum Gasteiger partial charge on any atom is 0.226 e. The minimum Gasteiger partial charge on any atom is -0.353 e. The summed E-state index contributed by atoms with van der Waals surface area (Å²) in [5.74, 6) is 0.536. The Labute approximate surface area is 134 Å². The summed E-state index contributed by atoms with van der Waals surface area (Å²) in [7, 11) is 0. The molecule has 0 radical (unpaired) electrons. The van der Waals surface area contributed by atoms with E-state index < -0.39 is 0 Å². The summed E-state index contributed by atoms with van der Waals surface area (Å²) in [6.07, 6.45) is 5.75. The summed E-state index contributed by atoms with van der Waals surface area (Å²) >= 11 is 0. The highest BCUT2D eigenvalue weighted by atomic mass is 16.2. The second-order valence-corrected chi connectivity index (χ2v) is 7.26. The van der Waals surface area contributed by atoms with Crippen molar-refractivity contribution in [1.29, 1.82) is 0 Å². The van der Waals surface area contributed by atoms with Crippen molar-refractivity contribution >= 4 is 5.91 Å². The Hall–Kier alpha value is -1.42. The third kappa shape index (κ3) is 4.29. The number of nitrogens with one attached hydrogen (secondary N) is 1. The molecule has 4 nitrogen and oxygen atoms in total. The van der Waals surface area contributed by atoms with Gasteiger partial charge < -0.3 is 5.32 Å². The van der Waals surface area contributed by atoms with E-state index in [0.717, 1.165) is 32.5 Å². The molecule has 0 unspecified atom stereocenters. The summed E-state index contributed by atoms with van der Waals surface area (Å²) in [4.78, 5) is 18.9. The molecule has 22 heavy (non-hydrogen) atoms. The molecule has 0 aromatic carbocycles. The molecule has 2 rings (SSSR count). The van der Waals surface area contributed by atoms with Gasteiger partial charge in [0.15, 0.2) is 0 Å². The molecular weight excluding hydrogens is 274 g/mol. The van der Waals surface area contributed by atoms with Gasteiger partial charge in [0.25, 0.3) is 0 Å². The summed E-state index contributed by atoms with van der Waals surface area (Å²) in [5, 5.41) is 3.25. The van der Waals surface area contributed by atoms with Gasteiger partial charge in [0.1, 0.15) is 0 Å². The average Bonchev–Trinajstić information content (AvgIpc) is 2.50. The van der Waals surface area contributed by atoms with Crippen LogP contribution in [0.2, 0.25) is 0 Å². The Balaban J connectivity index is 1.79. The lowest BCUT2D eigenvalue weighted by Crippen LogP contribution is -2.49. The van der Waals surface area contributed by atoms with Crippen molar-refractivity contribution in [3.05, 3.63) is 30.1 Å². The van der Waals surface area contributed by atoms with Crippen LogP contribution < -0.4 is 5.32 Å². The van der Waals surface area contributed by atoms with Crippen LogP contribution in [0.25, 0.3) is 0 Å². The van der Waals surface area contributed by atoms with E-state index in [1.54, 1.807) is 0 Å². The van der Waals surface area contributed by atoms with E-state index in [1.165, 1.54) is 5.56 Å². The fraction of sp³-hybridized carbons (Fsp3) is 0.667. The first kappa shape index (κ1) is 16.9. The first-order valence-electron chi connectivity index (χ1n) is 8.32. The second-order valence-electron chi connectivity index (χ2n) is 7.26. The van der Waals surface area contributed by atoms with E-state index in [0.29, 0.717) is 12.0 Å². The highest BCUT2D eigenvalue weighted by Gasteiger charge is 2.33. The Kier molecular flexibility index (Phi) is 5.57. The molecule has 1 aromatic rings. The smallest absolute Gasteiger partial charge is 0.226 e. The molecule has 1 saturated heterocycles. The number of rotatable bonds is 5. The quantitative estimate of drug-likeness (QED) is 0.910. The molecule has 1 aliphatic heterocycles. The summed E-state index contributed by atoms with van der Waals surface area (Å²) < 4.78 is 0. The molecular formula is C18H29N3O. The van der Waals surface area contributed by atoms with Gasteiger partial charge in [0.2, 0.25) is 5.91 Å². The van der Waals surface area contributed by atoms with Gasteiger partial charge in [-0.2, -0.15) is 0 Å². The van der Waals surface area contributed by atoms with Crippen LogP contribution in [0.5, 0.6) is 0 Å². The molecule has 4 heteroatoms. The standard InChI is InChI=1S/C18H29N3O/c1-14(2)18(3,4)17(22)20-16-7-11-21(12-8-16)13-15-5-9-19-10-6-15/h5-6,9-10,14,16H,7-8,11-13H2,1-4H3,(H,20,22). The monoisotopic (exact) mass is 303 g/mol. The average molecular weight is 303 g/mol. The first-order valence-corrected chi connectivity index (χ1v) is 8.32. The van der Waals surface area contributed by atoms with Crippen molar-refractivity contribution in [2.75, 3.05) is 13.1 Å². The molecule has 1 aromatic heterocycles. The van der Waals surface area contributed by atoms with Gasteiger partial charge in [0.05, 0.1) is 0 Å². The molecule has 0 bridgehead atoms. The van der Waals surface area contributed by atoms with Crippen molar-refractivity contribution in [3.63, 3.8) is 0 Å². The number of amides is 1. The highest BCUT2D eigenvalue weighted by molar-refractivity contribution is 5.82. The van der Waals surface area contributed by atoms with Gasteiger partial charge in [-0.15, -0.1) is 0 Å². The van der Waals surface area contributed by atoms with Crippen LogP contribution in [0, 0.1) is 11.3 Å². The number of carbonyl (C=O) groups excluding carboxylic acids is 1. The number of hydrogen-bond acceptors (Lipinski definition) is 3. The zero-order valence-electron chi connectivity index (χ0n) is 14.3. The van der Waals surface area contributed by atoms with Crippen LogP contribution in [0.1, 0.15) is 46.1 Å². The van der Waals surface area contributed by atoms with Crippen LogP contribution in [0.4, 0.5) is 0 Å². The van der Waals surface area contributed by atoms with Crippen molar-refractivity contribution in [2.45, 2.75) is 53.1 Å². The van der Waals surface area contributed by atoms with Gasteiger partial charge >= 0.3 is 0 Å². The third-order valence-corrected chi connectivity index (χ3v) is 5.11. The largest absolute Gasteiger partial charge is 0.353 e. The minimum absolute atomic E-state index is 0.190. The van der Waals surface area contributed by atoms with E-state index in [-0.39, 0.29) is 11.3 Å². The second kappa shape index (κ2) is 7.23. The number of aromatic nitrogens is 1. The lowest BCUT2D eigenvalue weighted by atomic mass is 9.80. The molecule has 0 atom stereocenters. The first-order chi connectivity index (χ1) is 10.4. The molecule has 1 amide bonds. The molecule has 122 valence electrons. The zero-order valence-corrected chi connectivity index (χ0v) is 14.3. The molecule has 2 heterocycles. The number of likely N-dealkylation sites (tertiary alicyclic amines) is 1. The van der Waals surface area contributed by atoms with Crippen LogP contribution >= 0.6 is 0 Å².